The molecule has 20 heavy (non-hydrogen) atoms. The van der Waals surface area contributed by atoms with Gasteiger partial charge >= 0.3 is 0 Å². The van der Waals surface area contributed by atoms with Gasteiger partial charge < -0.3 is 5.32 Å². The lowest BCUT2D eigenvalue weighted by atomic mass is 9.84. The fourth-order valence-corrected chi connectivity index (χ4v) is 4.26. The molecule has 2 saturated carbocycles. The van der Waals surface area contributed by atoms with Crippen LogP contribution in [0.15, 0.2) is 12.3 Å². The number of fused-ring (bicyclic) bond motifs is 2. The summed E-state index contributed by atoms with van der Waals surface area (Å²) in [6, 6.07) is 1.99. The van der Waals surface area contributed by atoms with Crippen molar-refractivity contribution in [2.75, 3.05) is 0 Å². The Morgan fingerprint density at radius 3 is 2.75 bits per heavy atom. The molecule has 1 amide bonds. The molecule has 2 aliphatic rings. The van der Waals surface area contributed by atoms with E-state index in [1.54, 1.807) is 10.9 Å². The van der Waals surface area contributed by atoms with E-state index in [1.165, 1.54) is 25.7 Å². The monoisotopic (exact) mass is 275 g/mol. The van der Waals surface area contributed by atoms with Crippen LogP contribution >= 0.6 is 0 Å². The normalized spacial score (nSPS) is 31.2. The summed E-state index contributed by atoms with van der Waals surface area (Å²) in [6.07, 6.45) is 7.21. The molecule has 3 rings (SSSR count). The van der Waals surface area contributed by atoms with Gasteiger partial charge in [0.05, 0.1) is 0 Å². The van der Waals surface area contributed by atoms with E-state index < -0.39 is 0 Å². The fourth-order valence-electron chi connectivity index (χ4n) is 4.26. The molecule has 2 bridgehead atoms. The number of carbonyl (C=O) groups is 1. The van der Waals surface area contributed by atoms with Crippen LogP contribution in [0.2, 0.25) is 0 Å². The molecule has 0 aromatic carbocycles. The Bertz CT molecular complexity index is 496. The number of carbonyl (C=O) groups excluding carboxylic acids is 1. The van der Waals surface area contributed by atoms with Gasteiger partial charge in [0.15, 0.2) is 0 Å². The Morgan fingerprint density at radius 1 is 1.40 bits per heavy atom. The van der Waals surface area contributed by atoms with Gasteiger partial charge in [0.2, 0.25) is 5.91 Å². The topological polar surface area (TPSA) is 46.9 Å². The first kappa shape index (κ1) is 13.7. The second kappa shape index (κ2) is 5.23. The molecule has 2 fully saturated rings. The first-order chi connectivity index (χ1) is 9.56. The number of nitrogens with zero attached hydrogens (tertiary/aromatic N) is 2. The Labute approximate surface area is 120 Å². The van der Waals surface area contributed by atoms with E-state index in [4.69, 9.17) is 0 Å². The van der Waals surface area contributed by atoms with Gasteiger partial charge in [-0.15, -0.1) is 0 Å². The van der Waals surface area contributed by atoms with E-state index in [0.717, 1.165) is 17.5 Å². The summed E-state index contributed by atoms with van der Waals surface area (Å²) in [5.41, 5.74) is 1.03. The minimum atomic E-state index is -0.231. The lowest BCUT2D eigenvalue weighted by Gasteiger charge is -2.29. The van der Waals surface area contributed by atoms with Crippen molar-refractivity contribution in [2.45, 2.75) is 58.5 Å². The van der Waals surface area contributed by atoms with Crippen molar-refractivity contribution < 1.29 is 4.79 Å². The van der Waals surface area contributed by atoms with Crippen LogP contribution < -0.4 is 5.32 Å². The zero-order valence-electron chi connectivity index (χ0n) is 12.7. The smallest absolute Gasteiger partial charge is 0.244 e. The summed E-state index contributed by atoms with van der Waals surface area (Å²) in [7, 11) is 0. The first-order valence-electron chi connectivity index (χ1n) is 7.86. The first-order valence-corrected chi connectivity index (χ1v) is 7.86. The standard InChI is InChI=1S/C16H25N3O/c1-10-6-7-17-19(10)12(3)16(20)18-11(2)15-9-13-4-5-14(15)8-13/h6-7,11-15H,4-5,8-9H2,1-3H3,(H,18,20)/t11-,12+,13+,14+,15-/m0/s1. The lowest BCUT2D eigenvalue weighted by Crippen LogP contribution is -2.43. The third-order valence-electron chi connectivity index (χ3n) is 5.42. The summed E-state index contributed by atoms with van der Waals surface area (Å²) in [5.74, 6) is 2.54. The maximum atomic E-state index is 12.4. The van der Waals surface area contributed by atoms with Crippen LogP contribution in [0.3, 0.4) is 0 Å². The molecule has 0 unspecified atom stereocenters. The lowest BCUT2D eigenvalue weighted by molar-refractivity contribution is -0.125. The number of hydrogen-bond donors (Lipinski definition) is 1. The molecule has 0 saturated heterocycles. The second-order valence-corrected chi connectivity index (χ2v) is 6.73. The van der Waals surface area contributed by atoms with Gasteiger partial charge in [-0.3, -0.25) is 9.48 Å². The van der Waals surface area contributed by atoms with E-state index >= 15 is 0 Å². The van der Waals surface area contributed by atoms with Crippen LogP contribution in [0, 0.1) is 24.7 Å². The van der Waals surface area contributed by atoms with Crippen LogP contribution in [0.5, 0.6) is 0 Å². The van der Waals surface area contributed by atoms with Crippen LogP contribution in [0.4, 0.5) is 0 Å². The quantitative estimate of drug-likeness (QED) is 0.918. The van der Waals surface area contributed by atoms with Crippen LogP contribution in [-0.4, -0.2) is 21.7 Å². The fraction of sp³-hybridized carbons (Fsp3) is 0.750. The Balaban J connectivity index is 1.60. The molecule has 4 heteroatoms. The van der Waals surface area contributed by atoms with Gasteiger partial charge in [-0.2, -0.15) is 5.10 Å². The maximum Gasteiger partial charge on any atom is 0.244 e. The number of amides is 1. The molecule has 2 aliphatic carbocycles. The summed E-state index contributed by atoms with van der Waals surface area (Å²) >= 11 is 0. The van der Waals surface area contributed by atoms with Gasteiger partial charge in [-0.05, 0) is 63.9 Å². The van der Waals surface area contributed by atoms with E-state index in [0.29, 0.717) is 5.92 Å². The highest BCUT2D eigenvalue weighted by Crippen LogP contribution is 2.49. The zero-order chi connectivity index (χ0) is 14.3. The molecule has 0 spiro atoms. The molecule has 0 aliphatic heterocycles. The van der Waals surface area contributed by atoms with Crippen LogP contribution in [0.1, 0.15) is 51.3 Å². The minimum Gasteiger partial charge on any atom is -0.352 e. The van der Waals surface area contributed by atoms with Crippen molar-refractivity contribution in [3.05, 3.63) is 18.0 Å². The number of hydrogen-bond acceptors (Lipinski definition) is 2. The van der Waals surface area contributed by atoms with Crippen LogP contribution in [0.25, 0.3) is 0 Å². The van der Waals surface area contributed by atoms with Gasteiger partial charge in [-0.1, -0.05) is 6.42 Å². The third kappa shape index (κ3) is 2.36. The molecule has 1 aromatic heterocycles. The Hall–Kier alpha value is -1.32. The molecular weight excluding hydrogens is 250 g/mol. The van der Waals surface area contributed by atoms with E-state index in [-0.39, 0.29) is 18.0 Å². The Kier molecular flexibility index (Phi) is 3.57. The predicted molar refractivity (Wildman–Crippen MR) is 78.2 cm³/mol. The number of nitrogens with one attached hydrogen (secondary N) is 1. The van der Waals surface area contributed by atoms with Gasteiger partial charge in [0.1, 0.15) is 6.04 Å². The van der Waals surface area contributed by atoms with Gasteiger partial charge in [-0.25, -0.2) is 0 Å². The highest BCUT2D eigenvalue weighted by atomic mass is 16.2. The SMILES string of the molecule is Cc1ccnn1[C@H](C)C(=O)N[C@@H](C)[C@@H]1C[C@@H]2CC[C@@H]1C2. The van der Waals surface area contributed by atoms with Gasteiger partial charge in [0, 0.05) is 17.9 Å². The summed E-state index contributed by atoms with van der Waals surface area (Å²) in [5, 5.41) is 7.46. The zero-order valence-corrected chi connectivity index (χ0v) is 12.7. The summed E-state index contributed by atoms with van der Waals surface area (Å²) in [4.78, 5) is 12.4. The van der Waals surface area contributed by atoms with Crippen molar-refractivity contribution in [2.24, 2.45) is 17.8 Å². The van der Waals surface area contributed by atoms with Gasteiger partial charge in [0.25, 0.3) is 0 Å². The Morgan fingerprint density at radius 2 is 2.20 bits per heavy atom. The van der Waals surface area contributed by atoms with E-state index in [9.17, 15) is 4.79 Å². The molecule has 1 aromatic rings. The summed E-state index contributed by atoms with van der Waals surface area (Å²) < 4.78 is 1.79. The number of aryl methyl sites for hydroxylation is 1. The number of aromatic nitrogens is 2. The highest BCUT2D eigenvalue weighted by Gasteiger charge is 2.42. The third-order valence-corrected chi connectivity index (χ3v) is 5.42. The second-order valence-electron chi connectivity index (χ2n) is 6.73. The van der Waals surface area contributed by atoms with Crippen LogP contribution in [-0.2, 0) is 4.79 Å². The minimum absolute atomic E-state index is 0.0899. The average molecular weight is 275 g/mol. The van der Waals surface area contributed by atoms with Crippen molar-refractivity contribution >= 4 is 5.91 Å². The molecule has 1 heterocycles. The molecule has 110 valence electrons. The summed E-state index contributed by atoms with van der Waals surface area (Å²) in [6.45, 7) is 6.07. The van der Waals surface area contributed by atoms with Crippen molar-refractivity contribution in [3.63, 3.8) is 0 Å². The molecule has 5 atom stereocenters. The maximum absolute atomic E-state index is 12.4. The van der Waals surface area contributed by atoms with Crippen molar-refractivity contribution in [1.82, 2.24) is 15.1 Å². The van der Waals surface area contributed by atoms with Crippen molar-refractivity contribution in [1.29, 1.82) is 0 Å². The molecule has 0 radical (unpaired) electrons. The molecule has 4 nitrogen and oxygen atoms in total. The van der Waals surface area contributed by atoms with Crippen molar-refractivity contribution in [3.8, 4) is 0 Å². The van der Waals surface area contributed by atoms with E-state index in [2.05, 4.69) is 17.3 Å². The largest absolute Gasteiger partial charge is 0.352 e. The average Bonchev–Trinajstić information content (AvgIpc) is 3.13. The molecule has 1 N–H and O–H groups in total. The van der Waals surface area contributed by atoms with E-state index in [1.807, 2.05) is 19.9 Å². The highest BCUT2D eigenvalue weighted by molar-refractivity contribution is 5.80. The number of rotatable bonds is 4. The molecular formula is C16H25N3O. The predicted octanol–water partition coefficient (Wildman–Crippen LogP) is 2.69.